The molecule has 1 atom stereocenters. The van der Waals surface area contributed by atoms with Gasteiger partial charge in [0, 0.05) is 6.54 Å². The maximum absolute atomic E-state index is 5.94. The molecule has 1 aromatic rings. The van der Waals surface area contributed by atoms with Gasteiger partial charge >= 0.3 is 0 Å². The molecule has 0 fully saturated rings. The zero-order valence-corrected chi connectivity index (χ0v) is 11.2. The number of rotatable bonds is 7. The van der Waals surface area contributed by atoms with Crippen LogP contribution in [0.3, 0.4) is 0 Å². The molecule has 0 spiro atoms. The predicted molar refractivity (Wildman–Crippen MR) is 71.0 cm³/mol. The normalized spacial score (nSPS) is 12.2. The first kappa shape index (κ1) is 13.8. The second-order valence-electron chi connectivity index (χ2n) is 4.04. The average Bonchev–Trinajstić information content (AvgIpc) is 2.38. The Morgan fingerprint density at radius 2 is 2.00 bits per heavy atom. The predicted octanol–water partition coefficient (Wildman–Crippen LogP) is 2.63. The Labute approximate surface area is 104 Å². The van der Waals surface area contributed by atoms with Crippen molar-refractivity contribution >= 4 is 0 Å². The van der Waals surface area contributed by atoms with Gasteiger partial charge in [0.1, 0.15) is 6.10 Å². The molecule has 0 bridgehead atoms. The molecule has 0 aliphatic rings. The number of methoxy groups -OCH3 is 1. The first-order chi connectivity index (χ1) is 8.24. The van der Waals surface area contributed by atoms with Crippen molar-refractivity contribution in [2.45, 2.75) is 32.8 Å². The van der Waals surface area contributed by atoms with Gasteiger partial charge in [-0.05, 0) is 37.6 Å². The first-order valence-corrected chi connectivity index (χ1v) is 6.23. The van der Waals surface area contributed by atoms with Gasteiger partial charge in [-0.15, -0.1) is 0 Å². The van der Waals surface area contributed by atoms with E-state index in [2.05, 4.69) is 25.2 Å². The molecule has 3 nitrogen and oxygen atoms in total. The van der Waals surface area contributed by atoms with Crippen LogP contribution in [-0.4, -0.2) is 26.8 Å². The van der Waals surface area contributed by atoms with Gasteiger partial charge in [0.15, 0.2) is 11.5 Å². The summed E-state index contributed by atoms with van der Waals surface area (Å²) in [6.07, 6.45) is 2.16. The number of benzene rings is 1. The smallest absolute Gasteiger partial charge is 0.161 e. The number of hydrogen-bond acceptors (Lipinski definition) is 3. The van der Waals surface area contributed by atoms with Crippen molar-refractivity contribution in [1.82, 2.24) is 5.32 Å². The molecule has 0 saturated heterocycles. The van der Waals surface area contributed by atoms with E-state index in [0.717, 1.165) is 30.9 Å². The van der Waals surface area contributed by atoms with Crippen molar-refractivity contribution in [3.63, 3.8) is 0 Å². The molecular formula is C14H23NO2. The van der Waals surface area contributed by atoms with Crippen LogP contribution in [0.4, 0.5) is 0 Å². The molecule has 1 unspecified atom stereocenters. The Balaban J connectivity index is 2.81. The maximum atomic E-state index is 5.94. The summed E-state index contributed by atoms with van der Waals surface area (Å²) < 4.78 is 11.3. The molecule has 0 amide bonds. The van der Waals surface area contributed by atoms with Gasteiger partial charge in [-0.2, -0.15) is 0 Å². The van der Waals surface area contributed by atoms with E-state index in [4.69, 9.17) is 9.47 Å². The standard InChI is InChI=1S/C14H23NO2/c1-5-11-7-8-13(14(9-11)16-4)17-12(6-2)10-15-3/h7-9,12,15H,5-6,10H2,1-4H3. The van der Waals surface area contributed by atoms with E-state index in [1.807, 2.05) is 19.2 Å². The second-order valence-corrected chi connectivity index (χ2v) is 4.04. The van der Waals surface area contributed by atoms with Gasteiger partial charge in [0.05, 0.1) is 7.11 Å². The fraction of sp³-hybridized carbons (Fsp3) is 0.571. The number of ether oxygens (including phenoxy) is 2. The van der Waals surface area contributed by atoms with Crippen molar-refractivity contribution in [1.29, 1.82) is 0 Å². The van der Waals surface area contributed by atoms with Gasteiger partial charge in [-0.3, -0.25) is 0 Å². The van der Waals surface area contributed by atoms with Crippen LogP contribution in [0, 0.1) is 0 Å². The lowest BCUT2D eigenvalue weighted by atomic mass is 10.1. The highest BCUT2D eigenvalue weighted by molar-refractivity contribution is 5.43. The highest BCUT2D eigenvalue weighted by Crippen LogP contribution is 2.29. The third-order valence-corrected chi connectivity index (χ3v) is 2.82. The highest BCUT2D eigenvalue weighted by Gasteiger charge is 2.11. The van der Waals surface area contributed by atoms with E-state index in [1.54, 1.807) is 7.11 Å². The molecular weight excluding hydrogens is 214 g/mol. The van der Waals surface area contributed by atoms with E-state index < -0.39 is 0 Å². The van der Waals surface area contributed by atoms with Crippen LogP contribution in [0.2, 0.25) is 0 Å². The SMILES string of the molecule is CCc1ccc(OC(CC)CNC)c(OC)c1. The minimum absolute atomic E-state index is 0.182. The maximum Gasteiger partial charge on any atom is 0.161 e. The molecule has 1 aromatic carbocycles. The van der Waals surface area contributed by atoms with E-state index in [-0.39, 0.29) is 6.10 Å². The molecule has 1 rings (SSSR count). The summed E-state index contributed by atoms with van der Waals surface area (Å²) in [5, 5.41) is 3.13. The Hall–Kier alpha value is -1.22. The van der Waals surface area contributed by atoms with Crippen LogP contribution in [0.1, 0.15) is 25.8 Å². The lowest BCUT2D eigenvalue weighted by Gasteiger charge is -2.19. The van der Waals surface area contributed by atoms with Crippen LogP contribution >= 0.6 is 0 Å². The fourth-order valence-electron chi connectivity index (χ4n) is 1.71. The minimum Gasteiger partial charge on any atom is -0.493 e. The van der Waals surface area contributed by atoms with Crippen LogP contribution in [0.25, 0.3) is 0 Å². The third kappa shape index (κ3) is 3.93. The van der Waals surface area contributed by atoms with E-state index in [0.29, 0.717) is 0 Å². The molecule has 0 aliphatic carbocycles. The van der Waals surface area contributed by atoms with Crippen LogP contribution < -0.4 is 14.8 Å². The Morgan fingerprint density at radius 1 is 1.24 bits per heavy atom. The molecule has 0 saturated carbocycles. The first-order valence-electron chi connectivity index (χ1n) is 6.23. The van der Waals surface area contributed by atoms with Crippen molar-refractivity contribution < 1.29 is 9.47 Å². The Morgan fingerprint density at radius 3 is 2.53 bits per heavy atom. The van der Waals surface area contributed by atoms with E-state index in [1.165, 1.54) is 5.56 Å². The molecule has 96 valence electrons. The zero-order chi connectivity index (χ0) is 12.7. The summed E-state index contributed by atoms with van der Waals surface area (Å²) in [4.78, 5) is 0. The summed E-state index contributed by atoms with van der Waals surface area (Å²) in [5.41, 5.74) is 1.26. The van der Waals surface area contributed by atoms with E-state index >= 15 is 0 Å². The summed E-state index contributed by atoms with van der Waals surface area (Å²) in [7, 11) is 3.62. The Kier molecular flexibility index (Phi) is 5.84. The fourth-order valence-corrected chi connectivity index (χ4v) is 1.71. The zero-order valence-electron chi connectivity index (χ0n) is 11.2. The van der Waals surface area contributed by atoms with Crippen molar-refractivity contribution in [3.05, 3.63) is 23.8 Å². The van der Waals surface area contributed by atoms with Crippen LogP contribution in [-0.2, 0) is 6.42 Å². The lowest BCUT2D eigenvalue weighted by Crippen LogP contribution is -2.28. The summed E-state index contributed by atoms with van der Waals surface area (Å²) >= 11 is 0. The molecule has 0 heterocycles. The lowest BCUT2D eigenvalue weighted by molar-refractivity contribution is 0.188. The van der Waals surface area contributed by atoms with Crippen molar-refractivity contribution in [2.24, 2.45) is 0 Å². The number of hydrogen-bond donors (Lipinski definition) is 1. The van der Waals surface area contributed by atoms with Gasteiger partial charge in [0.2, 0.25) is 0 Å². The largest absolute Gasteiger partial charge is 0.493 e. The topological polar surface area (TPSA) is 30.5 Å². The van der Waals surface area contributed by atoms with Gasteiger partial charge < -0.3 is 14.8 Å². The number of nitrogens with one attached hydrogen (secondary N) is 1. The number of aryl methyl sites for hydroxylation is 1. The molecule has 1 N–H and O–H groups in total. The molecule has 17 heavy (non-hydrogen) atoms. The second kappa shape index (κ2) is 7.17. The summed E-state index contributed by atoms with van der Waals surface area (Å²) in [6.45, 7) is 5.09. The van der Waals surface area contributed by atoms with Crippen LogP contribution in [0.15, 0.2) is 18.2 Å². The molecule has 0 aromatic heterocycles. The van der Waals surface area contributed by atoms with Crippen molar-refractivity contribution in [3.8, 4) is 11.5 Å². The van der Waals surface area contributed by atoms with Gasteiger partial charge in [-0.1, -0.05) is 19.9 Å². The summed E-state index contributed by atoms with van der Waals surface area (Å²) in [5.74, 6) is 1.64. The van der Waals surface area contributed by atoms with E-state index in [9.17, 15) is 0 Å². The van der Waals surface area contributed by atoms with Crippen molar-refractivity contribution in [2.75, 3.05) is 20.7 Å². The Bertz CT molecular complexity index is 339. The minimum atomic E-state index is 0.182. The quantitative estimate of drug-likeness (QED) is 0.791. The molecule has 0 radical (unpaired) electrons. The summed E-state index contributed by atoms with van der Waals surface area (Å²) in [6, 6.07) is 6.13. The van der Waals surface area contributed by atoms with Crippen LogP contribution in [0.5, 0.6) is 11.5 Å². The number of likely N-dealkylation sites (N-methyl/N-ethyl adjacent to an activating group) is 1. The average molecular weight is 237 g/mol. The highest BCUT2D eigenvalue weighted by atomic mass is 16.5. The van der Waals surface area contributed by atoms with Gasteiger partial charge in [0.25, 0.3) is 0 Å². The van der Waals surface area contributed by atoms with Gasteiger partial charge in [-0.25, -0.2) is 0 Å². The molecule has 0 aliphatic heterocycles. The third-order valence-electron chi connectivity index (χ3n) is 2.82. The molecule has 3 heteroatoms. The monoisotopic (exact) mass is 237 g/mol.